The van der Waals surface area contributed by atoms with E-state index in [1.54, 1.807) is 24.3 Å². The zero-order chi connectivity index (χ0) is 13.8. The molecule has 0 unspecified atom stereocenters. The van der Waals surface area contributed by atoms with E-state index in [-0.39, 0.29) is 5.25 Å². The monoisotopic (exact) mass is 289 g/mol. The highest BCUT2D eigenvalue weighted by Crippen LogP contribution is 2.26. The largest absolute Gasteiger partial charge is 0.351 e. The second kappa shape index (κ2) is 5.96. The summed E-state index contributed by atoms with van der Waals surface area (Å²) in [5.74, 6) is 0. The van der Waals surface area contributed by atoms with Gasteiger partial charge in [-0.2, -0.15) is 0 Å². The van der Waals surface area contributed by atoms with E-state index in [4.69, 9.17) is 5.73 Å². The molecule has 0 radical (unpaired) electrons. The van der Waals surface area contributed by atoms with Gasteiger partial charge in [0.25, 0.3) is 0 Å². The van der Waals surface area contributed by atoms with Crippen LogP contribution in [0.2, 0.25) is 0 Å². The van der Waals surface area contributed by atoms with Crippen molar-refractivity contribution in [1.82, 2.24) is 4.72 Å². The van der Waals surface area contributed by atoms with Gasteiger partial charge < -0.3 is 5.73 Å². The molecule has 4 N–H and O–H groups in total. The van der Waals surface area contributed by atoms with Crippen molar-refractivity contribution in [3.8, 4) is 0 Å². The third-order valence-electron chi connectivity index (χ3n) is 2.02. The van der Waals surface area contributed by atoms with Gasteiger partial charge in [-0.1, -0.05) is 12.1 Å². The standard InChI is InChI=1S/C10H15N3O3S2/c1-7(17-12-10(11)14)8-3-5-9(6-4-8)13-18(2,15)16/h3-7,13H,1-2H3,(H3,11,12,14)/t7-/m1/s1. The Labute approximate surface area is 111 Å². The summed E-state index contributed by atoms with van der Waals surface area (Å²) in [5.41, 5.74) is 6.42. The summed E-state index contributed by atoms with van der Waals surface area (Å²) in [7, 11) is -3.26. The van der Waals surface area contributed by atoms with Gasteiger partial charge in [-0.05, 0) is 36.6 Å². The topological polar surface area (TPSA) is 101 Å². The van der Waals surface area contributed by atoms with Crippen LogP contribution in [0.5, 0.6) is 0 Å². The summed E-state index contributed by atoms with van der Waals surface area (Å²) in [5, 5.41) is 0.0183. The molecule has 2 amide bonds. The number of hydrogen-bond donors (Lipinski definition) is 3. The lowest BCUT2D eigenvalue weighted by Crippen LogP contribution is -2.23. The first-order chi connectivity index (χ1) is 8.28. The summed E-state index contributed by atoms with van der Waals surface area (Å²) in [6.07, 6.45) is 1.09. The maximum absolute atomic E-state index is 11.0. The molecule has 0 aliphatic carbocycles. The average Bonchev–Trinajstić information content (AvgIpc) is 2.24. The number of rotatable bonds is 5. The number of urea groups is 1. The molecule has 8 heteroatoms. The second-order valence-corrected chi connectivity index (χ2v) is 6.62. The van der Waals surface area contributed by atoms with Crippen LogP contribution in [0.4, 0.5) is 10.5 Å². The fourth-order valence-electron chi connectivity index (χ4n) is 1.25. The second-order valence-electron chi connectivity index (χ2n) is 3.72. The van der Waals surface area contributed by atoms with E-state index in [0.29, 0.717) is 5.69 Å². The van der Waals surface area contributed by atoms with Gasteiger partial charge in [0.05, 0.1) is 6.26 Å². The lowest BCUT2D eigenvalue weighted by Gasteiger charge is -2.12. The number of anilines is 1. The Morgan fingerprint density at radius 3 is 2.33 bits per heavy atom. The highest BCUT2D eigenvalue weighted by Gasteiger charge is 2.08. The molecular formula is C10H15N3O3S2. The fraction of sp³-hybridized carbons (Fsp3) is 0.300. The first-order valence-electron chi connectivity index (χ1n) is 5.07. The molecule has 0 aliphatic rings. The molecule has 0 fully saturated rings. The summed E-state index contributed by atoms with van der Waals surface area (Å²) >= 11 is 1.19. The van der Waals surface area contributed by atoms with Crippen LogP contribution in [0.25, 0.3) is 0 Å². The molecule has 1 aromatic carbocycles. The van der Waals surface area contributed by atoms with Gasteiger partial charge in [-0.25, -0.2) is 13.2 Å². The molecule has 1 atom stereocenters. The zero-order valence-electron chi connectivity index (χ0n) is 10.0. The number of hydrogen-bond acceptors (Lipinski definition) is 4. The first-order valence-corrected chi connectivity index (χ1v) is 7.84. The van der Waals surface area contributed by atoms with E-state index < -0.39 is 16.1 Å². The van der Waals surface area contributed by atoms with Gasteiger partial charge in [0, 0.05) is 10.9 Å². The number of primary amides is 1. The molecule has 1 rings (SSSR count). The third kappa shape index (κ3) is 5.28. The molecule has 0 bridgehead atoms. The van der Waals surface area contributed by atoms with Crippen molar-refractivity contribution in [3.05, 3.63) is 29.8 Å². The molecule has 0 saturated heterocycles. The molecule has 0 saturated carbocycles. The van der Waals surface area contributed by atoms with Gasteiger partial charge in [-0.3, -0.25) is 9.44 Å². The van der Waals surface area contributed by atoms with Crippen LogP contribution in [-0.2, 0) is 10.0 Å². The van der Waals surface area contributed by atoms with Crippen molar-refractivity contribution in [2.75, 3.05) is 11.0 Å². The molecule has 1 aromatic rings. The lowest BCUT2D eigenvalue weighted by molar-refractivity contribution is 0.254. The number of carbonyl (C=O) groups is 1. The Bertz CT molecular complexity index is 514. The molecule has 0 aliphatic heterocycles. The van der Waals surface area contributed by atoms with Crippen molar-refractivity contribution in [2.45, 2.75) is 12.2 Å². The van der Waals surface area contributed by atoms with E-state index in [9.17, 15) is 13.2 Å². The predicted octanol–water partition coefficient (Wildman–Crippen LogP) is 1.44. The summed E-state index contributed by atoms with van der Waals surface area (Å²) < 4.78 is 26.9. The highest BCUT2D eigenvalue weighted by atomic mass is 32.2. The minimum Gasteiger partial charge on any atom is -0.351 e. The van der Waals surface area contributed by atoms with E-state index >= 15 is 0 Å². The van der Waals surface area contributed by atoms with Crippen LogP contribution in [0.15, 0.2) is 24.3 Å². The fourth-order valence-corrected chi connectivity index (χ4v) is 2.40. The van der Waals surface area contributed by atoms with Crippen molar-refractivity contribution in [1.29, 1.82) is 0 Å². The van der Waals surface area contributed by atoms with Crippen LogP contribution < -0.4 is 15.2 Å². The van der Waals surface area contributed by atoms with Crippen LogP contribution >= 0.6 is 11.9 Å². The normalized spacial score (nSPS) is 12.8. The number of carbonyl (C=O) groups excluding carboxylic acids is 1. The number of sulfonamides is 1. The van der Waals surface area contributed by atoms with E-state index in [0.717, 1.165) is 11.8 Å². The minimum absolute atomic E-state index is 0.0183. The molecule has 0 spiro atoms. The van der Waals surface area contributed by atoms with Crippen molar-refractivity contribution in [3.63, 3.8) is 0 Å². The van der Waals surface area contributed by atoms with Crippen molar-refractivity contribution >= 4 is 33.7 Å². The summed E-state index contributed by atoms with van der Waals surface area (Å²) in [6, 6.07) is 6.30. The summed E-state index contributed by atoms with van der Waals surface area (Å²) in [6.45, 7) is 1.90. The van der Waals surface area contributed by atoms with E-state index in [1.807, 2.05) is 6.92 Å². The zero-order valence-corrected chi connectivity index (χ0v) is 11.6. The van der Waals surface area contributed by atoms with E-state index in [2.05, 4.69) is 9.44 Å². The Balaban J connectivity index is 2.67. The van der Waals surface area contributed by atoms with Gasteiger partial charge in [0.15, 0.2) is 0 Å². The molecule has 6 nitrogen and oxygen atoms in total. The van der Waals surface area contributed by atoms with Crippen LogP contribution in [0.1, 0.15) is 17.7 Å². The van der Waals surface area contributed by atoms with Crippen molar-refractivity contribution in [2.24, 2.45) is 5.73 Å². The summed E-state index contributed by atoms with van der Waals surface area (Å²) in [4.78, 5) is 10.6. The Kier molecular flexibility index (Phi) is 4.85. The Hall–Kier alpha value is -1.41. The van der Waals surface area contributed by atoms with Gasteiger partial charge in [0.2, 0.25) is 10.0 Å². The number of nitrogens with one attached hydrogen (secondary N) is 2. The Morgan fingerprint density at radius 1 is 1.33 bits per heavy atom. The van der Waals surface area contributed by atoms with Crippen molar-refractivity contribution < 1.29 is 13.2 Å². The molecule has 0 heterocycles. The minimum atomic E-state index is -3.26. The van der Waals surface area contributed by atoms with Gasteiger partial charge >= 0.3 is 6.03 Å². The molecular weight excluding hydrogens is 274 g/mol. The highest BCUT2D eigenvalue weighted by molar-refractivity contribution is 7.98. The van der Waals surface area contributed by atoms with Crippen LogP contribution in [0, 0.1) is 0 Å². The lowest BCUT2D eigenvalue weighted by atomic mass is 10.1. The smallest absolute Gasteiger partial charge is 0.322 e. The average molecular weight is 289 g/mol. The van der Waals surface area contributed by atoms with Crippen LogP contribution in [-0.4, -0.2) is 20.7 Å². The Morgan fingerprint density at radius 2 is 1.89 bits per heavy atom. The van der Waals surface area contributed by atoms with Gasteiger partial charge in [0.1, 0.15) is 0 Å². The number of benzene rings is 1. The third-order valence-corrected chi connectivity index (χ3v) is 3.57. The first kappa shape index (κ1) is 14.7. The molecule has 18 heavy (non-hydrogen) atoms. The SMILES string of the molecule is C[C@@H](SNC(N)=O)c1ccc(NS(C)(=O)=O)cc1. The quantitative estimate of drug-likeness (QED) is 0.714. The van der Waals surface area contributed by atoms with Crippen LogP contribution in [0.3, 0.4) is 0 Å². The number of amides is 2. The predicted molar refractivity (Wildman–Crippen MR) is 73.6 cm³/mol. The maximum atomic E-state index is 11.0. The molecule has 0 aromatic heterocycles. The number of nitrogens with two attached hydrogens (primary N) is 1. The van der Waals surface area contributed by atoms with E-state index in [1.165, 1.54) is 11.9 Å². The molecule has 100 valence electrons. The van der Waals surface area contributed by atoms with Gasteiger partial charge in [-0.15, -0.1) is 0 Å². The maximum Gasteiger partial charge on any atom is 0.322 e.